The molecule has 3 amide bonds. The lowest BCUT2D eigenvalue weighted by Gasteiger charge is -2.13. The number of nitrogens with one attached hydrogen (secondary N) is 1. The maximum absolute atomic E-state index is 12.4. The van der Waals surface area contributed by atoms with Crippen molar-refractivity contribution in [1.82, 2.24) is 4.90 Å². The van der Waals surface area contributed by atoms with Gasteiger partial charge in [-0.2, -0.15) is 0 Å². The number of phenolic OH excluding ortho intramolecular Hbond substituents is 1. The van der Waals surface area contributed by atoms with Gasteiger partial charge in [0.2, 0.25) is 5.91 Å². The van der Waals surface area contributed by atoms with Crippen molar-refractivity contribution in [2.75, 3.05) is 11.9 Å². The maximum Gasteiger partial charge on any atom is 0.294 e. The van der Waals surface area contributed by atoms with Crippen LogP contribution in [0.4, 0.5) is 16.2 Å². The number of aromatic hydroxyl groups is 1. The Labute approximate surface area is 174 Å². The van der Waals surface area contributed by atoms with E-state index in [4.69, 9.17) is 0 Å². The van der Waals surface area contributed by atoms with Crippen molar-refractivity contribution in [3.05, 3.63) is 81.3 Å². The Morgan fingerprint density at radius 1 is 1.20 bits per heavy atom. The number of anilines is 1. The summed E-state index contributed by atoms with van der Waals surface area (Å²) in [6.45, 7) is -0.555. The van der Waals surface area contributed by atoms with E-state index in [1.54, 1.807) is 12.2 Å². The molecule has 2 aromatic carbocycles. The van der Waals surface area contributed by atoms with Gasteiger partial charge in [-0.1, -0.05) is 42.5 Å². The minimum absolute atomic E-state index is 0.0705. The topological polar surface area (TPSA) is 130 Å². The number of nitro groups is 1. The Bertz CT molecular complexity index is 1080. The van der Waals surface area contributed by atoms with Crippen LogP contribution in [0.2, 0.25) is 0 Å². The van der Waals surface area contributed by atoms with Crippen molar-refractivity contribution in [2.45, 2.75) is 0 Å². The van der Waals surface area contributed by atoms with Gasteiger partial charge in [-0.15, -0.1) is 0 Å². The summed E-state index contributed by atoms with van der Waals surface area (Å²) < 4.78 is 0. The summed E-state index contributed by atoms with van der Waals surface area (Å²) in [6.07, 6.45) is 4.91. The van der Waals surface area contributed by atoms with Gasteiger partial charge in [-0.25, -0.2) is 0 Å². The van der Waals surface area contributed by atoms with Crippen molar-refractivity contribution in [2.24, 2.45) is 0 Å². The molecule has 9 nitrogen and oxygen atoms in total. The molecule has 0 aromatic heterocycles. The largest absolute Gasteiger partial charge is 0.506 e. The minimum atomic E-state index is -0.734. The van der Waals surface area contributed by atoms with E-state index in [-0.39, 0.29) is 16.3 Å². The van der Waals surface area contributed by atoms with Gasteiger partial charge in [0.25, 0.3) is 16.8 Å². The van der Waals surface area contributed by atoms with Crippen LogP contribution in [0, 0.1) is 10.1 Å². The average molecular weight is 425 g/mol. The van der Waals surface area contributed by atoms with Crippen LogP contribution < -0.4 is 5.32 Å². The molecule has 0 unspecified atom stereocenters. The smallest absolute Gasteiger partial charge is 0.294 e. The molecule has 0 aliphatic carbocycles. The van der Waals surface area contributed by atoms with Gasteiger partial charge in [-0.05, 0) is 29.5 Å². The number of non-ortho nitro benzene ring substituents is 1. The summed E-state index contributed by atoms with van der Waals surface area (Å²) in [5.41, 5.74) is 0.513. The van der Waals surface area contributed by atoms with Crippen molar-refractivity contribution in [1.29, 1.82) is 0 Å². The van der Waals surface area contributed by atoms with Crippen LogP contribution in [-0.2, 0) is 9.59 Å². The molecule has 0 radical (unpaired) electrons. The molecule has 0 bridgehead atoms. The number of phenols is 1. The molecule has 0 saturated carbocycles. The minimum Gasteiger partial charge on any atom is -0.506 e. The zero-order chi connectivity index (χ0) is 21.7. The Balaban J connectivity index is 1.64. The first-order valence-electron chi connectivity index (χ1n) is 8.59. The fourth-order valence-corrected chi connectivity index (χ4v) is 3.32. The number of nitrogens with zero attached hydrogens (tertiary/aromatic N) is 2. The molecular formula is C20H15N3O6S. The van der Waals surface area contributed by atoms with Gasteiger partial charge in [-0.3, -0.25) is 29.4 Å². The molecule has 2 aromatic rings. The molecule has 152 valence electrons. The second kappa shape index (κ2) is 9.05. The summed E-state index contributed by atoms with van der Waals surface area (Å²) in [4.78, 5) is 47.7. The van der Waals surface area contributed by atoms with Gasteiger partial charge in [0.1, 0.15) is 12.3 Å². The molecule has 1 aliphatic heterocycles. The van der Waals surface area contributed by atoms with Gasteiger partial charge in [0.15, 0.2) is 0 Å². The third-order valence-electron chi connectivity index (χ3n) is 3.98. The number of benzene rings is 2. The zero-order valence-electron chi connectivity index (χ0n) is 15.3. The molecular weight excluding hydrogens is 410 g/mol. The van der Waals surface area contributed by atoms with Gasteiger partial charge >= 0.3 is 0 Å². The Kier molecular flexibility index (Phi) is 6.28. The van der Waals surface area contributed by atoms with Gasteiger partial charge < -0.3 is 10.4 Å². The second-order valence-electron chi connectivity index (χ2n) is 6.07. The number of rotatable bonds is 6. The third-order valence-corrected chi connectivity index (χ3v) is 4.90. The first kappa shape index (κ1) is 20.8. The average Bonchev–Trinajstić information content (AvgIpc) is 2.97. The molecule has 0 spiro atoms. The molecule has 10 heteroatoms. The highest BCUT2D eigenvalue weighted by Crippen LogP contribution is 2.31. The summed E-state index contributed by atoms with van der Waals surface area (Å²) in [5, 5.41) is 22.2. The number of carbonyl (C=O) groups is 3. The zero-order valence-corrected chi connectivity index (χ0v) is 16.2. The van der Waals surface area contributed by atoms with Crippen molar-refractivity contribution in [3.63, 3.8) is 0 Å². The summed E-state index contributed by atoms with van der Waals surface area (Å²) >= 11 is 0.716. The Morgan fingerprint density at radius 3 is 2.60 bits per heavy atom. The Hall–Kier alpha value is -3.92. The van der Waals surface area contributed by atoms with Crippen LogP contribution in [0.1, 0.15) is 5.56 Å². The predicted molar refractivity (Wildman–Crippen MR) is 112 cm³/mol. The number of hydrogen-bond donors (Lipinski definition) is 2. The lowest BCUT2D eigenvalue weighted by molar-refractivity contribution is -0.384. The van der Waals surface area contributed by atoms with Crippen LogP contribution in [-0.4, -0.2) is 38.5 Å². The van der Waals surface area contributed by atoms with Crippen LogP contribution in [0.5, 0.6) is 5.75 Å². The Morgan fingerprint density at radius 2 is 1.93 bits per heavy atom. The fourth-order valence-electron chi connectivity index (χ4n) is 2.53. The molecule has 1 saturated heterocycles. The number of carbonyl (C=O) groups excluding carboxylic acids is 3. The van der Waals surface area contributed by atoms with Crippen molar-refractivity contribution >= 4 is 46.3 Å². The van der Waals surface area contributed by atoms with E-state index in [0.717, 1.165) is 28.7 Å². The van der Waals surface area contributed by atoms with Crippen molar-refractivity contribution < 1.29 is 24.4 Å². The van der Waals surface area contributed by atoms with Crippen LogP contribution in [0.25, 0.3) is 6.08 Å². The van der Waals surface area contributed by atoms with E-state index in [0.29, 0.717) is 11.8 Å². The number of imide groups is 1. The van der Waals surface area contributed by atoms with E-state index in [1.807, 2.05) is 30.3 Å². The second-order valence-corrected chi connectivity index (χ2v) is 7.06. The molecule has 3 rings (SSSR count). The van der Waals surface area contributed by atoms with E-state index < -0.39 is 34.3 Å². The molecule has 1 aliphatic rings. The number of amides is 3. The van der Waals surface area contributed by atoms with E-state index in [1.165, 1.54) is 6.08 Å². The quantitative estimate of drug-likeness (QED) is 0.313. The summed E-state index contributed by atoms with van der Waals surface area (Å²) in [5.74, 6) is -1.84. The first-order chi connectivity index (χ1) is 14.3. The summed E-state index contributed by atoms with van der Waals surface area (Å²) in [7, 11) is 0. The summed E-state index contributed by atoms with van der Waals surface area (Å²) in [6, 6.07) is 12.5. The van der Waals surface area contributed by atoms with Crippen LogP contribution in [0.3, 0.4) is 0 Å². The number of thioether (sulfide) groups is 1. The van der Waals surface area contributed by atoms with E-state index in [2.05, 4.69) is 5.32 Å². The third kappa shape index (κ3) is 4.92. The first-order valence-corrected chi connectivity index (χ1v) is 9.41. The SMILES string of the molecule is O=C(CN1C(=O)S/C(=C\C=C\c2ccccc2)C1=O)Nc1ccc([N+](=O)[O-])cc1O. The number of allylic oxidation sites excluding steroid dienone is 2. The molecule has 0 atom stereocenters. The molecule has 2 N–H and O–H groups in total. The highest BCUT2D eigenvalue weighted by Gasteiger charge is 2.36. The molecule has 1 heterocycles. The maximum atomic E-state index is 12.4. The lowest BCUT2D eigenvalue weighted by Crippen LogP contribution is -2.36. The molecule has 30 heavy (non-hydrogen) atoms. The van der Waals surface area contributed by atoms with E-state index >= 15 is 0 Å². The predicted octanol–water partition coefficient (Wildman–Crippen LogP) is 3.53. The fraction of sp³-hybridized carbons (Fsp3) is 0.0500. The van der Waals surface area contributed by atoms with Gasteiger partial charge in [0.05, 0.1) is 21.6 Å². The van der Waals surface area contributed by atoms with Crippen molar-refractivity contribution in [3.8, 4) is 5.75 Å². The van der Waals surface area contributed by atoms with Gasteiger partial charge in [0, 0.05) is 6.07 Å². The number of hydrogen-bond acceptors (Lipinski definition) is 7. The normalized spacial score (nSPS) is 15.2. The monoisotopic (exact) mass is 425 g/mol. The highest BCUT2D eigenvalue weighted by molar-refractivity contribution is 8.18. The van der Waals surface area contributed by atoms with E-state index in [9.17, 15) is 29.6 Å². The lowest BCUT2D eigenvalue weighted by atomic mass is 10.2. The standard InChI is InChI=1S/C20H15N3O6S/c24-16-11-14(23(28)29)9-10-15(16)21-18(25)12-22-19(26)17(30-20(22)27)8-4-7-13-5-2-1-3-6-13/h1-11,24H,12H2,(H,21,25)/b7-4+,17-8-. The van der Waals surface area contributed by atoms with Crippen LogP contribution >= 0.6 is 11.8 Å². The van der Waals surface area contributed by atoms with Crippen LogP contribution in [0.15, 0.2) is 65.6 Å². The number of nitro benzene ring substituents is 1. The highest BCUT2D eigenvalue weighted by atomic mass is 32.2. The molecule has 1 fully saturated rings.